The number of hydrogen-bond donors (Lipinski definition) is 1. The van der Waals surface area contributed by atoms with Crippen LogP contribution in [0.2, 0.25) is 0 Å². The van der Waals surface area contributed by atoms with Gasteiger partial charge in [-0.1, -0.05) is 27.4 Å². The molecule has 0 saturated heterocycles. The summed E-state index contributed by atoms with van der Waals surface area (Å²) in [6.45, 7) is 14.8. The van der Waals surface area contributed by atoms with E-state index in [-0.39, 0.29) is 30.6 Å². The summed E-state index contributed by atoms with van der Waals surface area (Å²) in [5, 5.41) is 11.5. The molecule has 1 N–H and O–H groups in total. The highest BCUT2D eigenvalue weighted by Gasteiger charge is 2.78. The summed E-state index contributed by atoms with van der Waals surface area (Å²) in [4.78, 5) is 63.2. The lowest BCUT2D eigenvalue weighted by molar-refractivity contribution is -0.289. The van der Waals surface area contributed by atoms with Crippen LogP contribution in [0.5, 0.6) is 0 Å². The van der Waals surface area contributed by atoms with Gasteiger partial charge in [-0.3, -0.25) is 24.0 Å². The SMILES string of the molecule is C=C1C(=O)[C@]23C[C@H]1C(O)C(OC(C)=O)[C@H]2[C@]1(C)C(OC(C)=O)CC(OC(C)=O)C(C)(C)[C@H]1CC3OC(C)=O. The summed E-state index contributed by atoms with van der Waals surface area (Å²) in [5.41, 5.74) is -2.93. The largest absolute Gasteiger partial charge is 0.462 e. The number of rotatable bonds is 4. The lowest BCUT2D eigenvalue weighted by Gasteiger charge is -2.68. The van der Waals surface area contributed by atoms with E-state index in [0.717, 1.165) is 0 Å². The number of aliphatic hydroxyl groups is 1. The fourth-order valence-electron chi connectivity index (χ4n) is 8.61. The van der Waals surface area contributed by atoms with Gasteiger partial charge in [0.2, 0.25) is 0 Å². The Balaban J connectivity index is 2.01. The number of carbonyl (C=O) groups is 5. The predicted octanol–water partition coefficient (Wildman–Crippen LogP) is 2.29. The van der Waals surface area contributed by atoms with Crippen molar-refractivity contribution in [3.05, 3.63) is 12.2 Å². The molecule has 0 radical (unpaired) electrons. The zero-order valence-corrected chi connectivity index (χ0v) is 23.1. The van der Waals surface area contributed by atoms with Gasteiger partial charge in [-0.2, -0.15) is 0 Å². The first-order valence-electron chi connectivity index (χ1n) is 13.1. The molecule has 4 aliphatic carbocycles. The molecule has 38 heavy (non-hydrogen) atoms. The first-order valence-corrected chi connectivity index (χ1v) is 13.1. The normalized spacial score (nSPS) is 42.8. The number of ether oxygens (including phenoxy) is 4. The van der Waals surface area contributed by atoms with E-state index >= 15 is 0 Å². The van der Waals surface area contributed by atoms with Gasteiger partial charge in [-0.25, -0.2) is 0 Å². The lowest BCUT2D eigenvalue weighted by atomic mass is 9.38. The van der Waals surface area contributed by atoms with Gasteiger partial charge in [0.05, 0.1) is 11.5 Å². The molecule has 210 valence electrons. The molecular formula is C28H38O10. The zero-order valence-electron chi connectivity index (χ0n) is 23.1. The van der Waals surface area contributed by atoms with Gasteiger partial charge < -0.3 is 24.1 Å². The van der Waals surface area contributed by atoms with Gasteiger partial charge in [-0.05, 0) is 24.3 Å². The second-order valence-electron chi connectivity index (χ2n) is 12.3. The van der Waals surface area contributed by atoms with E-state index in [0.29, 0.717) is 0 Å². The molecule has 0 aromatic carbocycles. The van der Waals surface area contributed by atoms with Gasteiger partial charge in [0.25, 0.3) is 0 Å². The van der Waals surface area contributed by atoms with Crippen molar-refractivity contribution >= 4 is 29.7 Å². The molecule has 10 nitrogen and oxygen atoms in total. The average molecular weight is 535 g/mol. The highest BCUT2D eigenvalue weighted by molar-refractivity contribution is 6.04. The van der Waals surface area contributed by atoms with Crippen LogP contribution in [-0.4, -0.2) is 65.3 Å². The highest BCUT2D eigenvalue weighted by atomic mass is 16.6. The molecule has 0 aromatic rings. The zero-order chi connectivity index (χ0) is 28.5. The molecule has 0 aromatic heterocycles. The minimum absolute atomic E-state index is 0.144. The summed E-state index contributed by atoms with van der Waals surface area (Å²) in [6.07, 6.45) is -4.31. The average Bonchev–Trinajstić information content (AvgIpc) is 2.99. The van der Waals surface area contributed by atoms with Crippen molar-refractivity contribution in [3.63, 3.8) is 0 Å². The monoisotopic (exact) mass is 534 g/mol. The first-order chi connectivity index (χ1) is 17.5. The van der Waals surface area contributed by atoms with Crippen molar-refractivity contribution in [1.29, 1.82) is 0 Å². The molecule has 2 bridgehead atoms. The van der Waals surface area contributed by atoms with Crippen molar-refractivity contribution in [2.75, 3.05) is 0 Å². The van der Waals surface area contributed by atoms with Gasteiger partial charge >= 0.3 is 23.9 Å². The Bertz CT molecular complexity index is 1090. The van der Waals surface area contributed by atoms with Crippen LogP contribution in [0.25, 0.3) is 0 Å². The molecule has 0 amide bonds. The standard InChI is InChI=1S/C28H38O10/c1-12-17-11-28(25(12)34)21(37-15(4)31)9-18-26(6,7)19(35-13(2)29)10-20(36-14(3)30)27(18,8)24(28)23(22(17)33)38-16(5)32/h17-24,33H,1,9-11H2,2-8H3/t17-,18-,19?,20?,21?,22?,23?,24+,27+,28+/m1/s1. The Labute approximate surface area is 222 Å². The Kier molecular flexibility index (Phi) is 6.82. The fraction of sp³-hybridized carbons (Fsp3) is 0.750. The van der Waals surface area contributed by atoms with E-state index in [9.17, 15) is 29.1 Å². The third-order valence-corrected chi connectivity index (χ3v) is 9.87. The maximum absolute atomic E-state index is 14.1. The Hall–Kier alpha value is -2.75. The van der Waals surface area contributed by atoms with E-state index in [1.165, 1.54) is 27.7 Å². The molecule has 4 saturated carbocycles. The fourth-order valence-corrected chi connectivity index (χ4v) is 8.61. The minimum atomic E-state index is -1.35. The van der Waals surface area contributed by atoms with Crippen molar-refractivity contribution in [1.82, 2.24) is 0 Å². The van der Waals surface area contributed by atoms with Gasteiger partial charge in [0, 0.05) is 56.8 Å². The Morgan fingerprint density at radius 2 is 1.32 bits per heavy atom. The van der Waals surface area contributed by atoms with Crippen LogP contribution in [0, 0.1) is 34.0 Å². The van der Waals surface area contributed by atoms with E-state index in [4.69, 9.17) is 18.9 Å². The van der Waals surface area contributed by atoms with Crippen LogP contribution < -0.4 is 0 Å². The molecule has 4 rings (SSSR count). The summed E-state index contributed by atoms with van der Waals surface area (Å²) in [5.74, 6) is -4.63. The third-order valence-electron chi connectivity index (χ3n) is 9.87. The van der Waals surface area contributed by atoms with Crippen LogP contribution in [-0.2, 0) is 42.9 Å². The molecule has 0 heterocycles. The highest BCUT2D eigenvalue weighted by Crippen LogP contribution is 2.72. The summed E-state index contributed by atoms with van der Waals surface area (Å²) in [6, 6.07) is 0. The number of hydrogen-bond acceptors (Lipinski definition) is 10. The van der Waals surface area contributed by atoms with Crippen LogP contribution >= 0.6 is 0 Å². The summed E-state index contributed by atoms with van der Waals surface area (Å²) < 4.78 is 23.3. The maximum Gasteiger partial charge on any atom is 0.303 e. The second-order valence-corrected chi connectivity index (χ2v) is 12.3. The lowest BCUT2D eigenvalue weighted by Crippen LogP contribution is -2.74. The second kappa shape index (κ2) is 9.17. The van der Waals surface area contributed by atoms with Crippen molar-refractivity contribution in [2.45, 2.75) is 98.2 Å². The van der Waals surface area contributed by atoms with Crippen LogP contribution in [0.4, 0.5) is 0 Å². The molecule has 1 spiro atoms. The maximum atomic E-state index is 14.1. The first kappa shape index (κ1) is 28.3. The number of Topliss-reactive ketones (excluding diaryl/α,β-unsaturated/α-hetero) is 1. The molecule has 10 heteroatoms. The Morgan fingerprint density at radius 3 is 1.84 bits per heavy atom. The predicted molar refractivity (Wildman–Crippen MR) is 131 cm³/mol. The van der Waals surface area contributed by atoms with E-state index in [1.807, 2.05) is 20.8 Å². The van der Waals surface area contributed by atoms with Gasteiger partial charge in [0.15, 0.2) is 5.78 Å². The molecule has 4 aliphatic rings. The minimum Gasteiger partial charge on any atom is -0.462 e. The van der Waals surface area contributed by atoms with E-state index in [1.54, 1.807) is 0 Å². The molecule has 0 aliphatic heterocycles. The van der Waals surface area contributed by atoms with Crippen molar-refractivity contribution in [3.8, 4) is 0 Å². The number of fused-ring (bicyclic) bond motifs is 3. The Morgan fingerprint density at radius 1 is 0.816 bits per heavy atom. The molecule has 10 atom stereocenters. The smallest absolute Gasteiger partial charge is 0.303 e. The molecule has 4 fully saturated rings. The molecular weight excluding hydrogens is 496 g/mol. The number of aliphatic hydroxyl groups excluding tert-OH is 1. The van der Waals surface area contributed by atoms with Crippen LogP contribution in [0.15, 0.2) is 12.2 Å². The van der Waals surface area contributed by atoms with Crippen molar-refractivity contribution < 1.29 is 48.0 Å². The van der Waals surface area contributed by atoms with E-state index in [2.05, 4.69) is 6.58 Å². The number of carbonyl (C=O) groups excluding carboxylic acids is 5. The summed E-state index contributed by atoms with van der Waals surface area (Å²) in [7, 11) is 0. The topological polar surface area (TPSA) is 143 Å². The quantitative estimate of drug-likeness (QED) is 0.324. The van der Waals surface area contributed by atoms with Crippen LogP contribution in [0.3, 0.4) is 0 Å². The molecule has 5 unspecified atom stereocenters. The third kappa shape index (κ3) is 3.89. The summed E-state index contributed by atoms with van der Waals surface area (Å²) >= 11 is 0. The number of esters is 4. The van der Waals surface area contributed by atoms with Crippen LogP contribution in [0.1, 0.15) is 67.7 Å². The van der Waals surface area contributed by atoms with E-state index < -0.39 is 88.4 Å². The van der Waals surface area contributed by atoms with Gasteiger partial charge in [0.1, 0.15) is 24.4 Å². The van der Waals surface area contributed by atoms with Gasteiger partial charge in [-0.15, -0.1) is 0 Å². The van der Waals surface area contributed by atoms with Crippen molar-refractivity contribution in [2.24, 2.45) is 34.0 Å². The number of ketones is 1.